The Bertz CT molecular complexity index is 920. The Hall–Kier alpha value is -4.36. The molecule has 2 rings (SSSR count). The summed E-state index contributed by atoms with van der Waals surface area (Å²) in [6, 6.07) is 5.57. The Kier molecular flexibility index (Phi) is 4.87. The van der Waals surface area contributed by atoms with Crippen LogP contribution in [0.2, 0.25) is 0 Å². The van der Waals surface area contributed by atoms with Crippen LogP contribution in [0.3, 0.4) is 0 Å². The van der Waals surface area contributed by atoms with Crippen molar-refractivity contribution in [1.82, 2.24) is 0 Å². The molecule has 14 nitrogen and oxygen atoms in total. The summed E-state index contributed by atoms with van der Waals surface area (Å²) in [7, 11) is 0. The van der Waals surface area contributed by atoms with Crippen molar-refractivity contribution in [2.45, 2.75) is 0 Å². The first-order valence-electron chi connectivity index (χ1n) is 6.48. The lowest BCUT2D eigenvalue weighted by Crippen LogP contribution is -1.97. The van der Waals surface area contributed by atoms with Crippen LogP contribution in [0.4, 0.5) is 34.1 Å². The highest BCUT2D eigenvalue weighted by molar-refractivity contribution is 5.73. The Labute approximate surface area is 142 Å². The van der Waals surface area contributed by atoms with Crippen molar-refractivity contribution in [2.24, 2.45) is 10.2 Å². The van der Waals surface area contributed by atoms with E-state index in [2.05, 4.69) is 10.2 Å². The summed E-state index contributed by atoms with van der Waals surface area (Å²) in [6.07, 6.45) is 0. The number of rotatable bonds is 6. The highest BCUT2D eigenvalue weighted by Crippen LogP contribution is 2.41. The van der Waals surface area contributed by atoms with E-state index in [-0.39, 0.29) is 11.4 Å². The Morgan fingerprint density at radius 2 is 1.08 bits per heavy atom. The molecule has 0 atom stereocenters. The maximum Gasteiger partial charge on any atom is 0.310 e. The third-order valence-electron chi connectivity index (χ3n) is 2.98. The molecule has 0 unspecified atom stereocenters. The zero-order valence-corrected chi connectivity index (χ0v) is 12.4. The minimum atomic E-state index is -1.07. The molecular formula is C12H6N6O8. The molecule has 0 saturated carbocycles. The second-order valence-electron chi connectivity index (χ2n) is 4.58. The average Bonchev–Trinajstić information content (AvgIpc) is 2.59. The molecule has 0 amide bonds. The van der Waals surface area contributed by atoms with Crippen molar-refractivity contribution in [3.8, 4) is 0 Å². The van der Waals surface area contributed by atoms with Gasteiger partial charge in [-0.25, -0.2) is 0 Å². The molecule has 0 aromatic heterocycles. The van der Waals surface area contributed by atoms with Crippen molar-refractivity contribution in [3.63, 3.8) is 0 Å². The summed E-state index contributed by atoms with van der Waals surface area (Å²) in [5, 5.41) is 50.5. The molecular weight excluding hydrogens is 356 g/mol. The third kappa shape index (κ3) is 3.75. The normalized spacial score (nSPS) is 10.6. The van der Waals surface area contributed by atoms with Crippen LogP contribution in [0.1, 0.15) is 0 Å². The molecule has 0 saturated heterocycles. The quantitative estimate of drug-likeness (QED) is 0.420. The topological polar surface area (TPSA) is 197 Å². The monoisotopic (exact) mass is 362 g/mol. The highest BCUT2D eigenvalue weighted by atomic mass is 16.6. The fourth-order valence-corrected chi connectivity index (χ4v) is 1.82. The first-order chi connectivity index (χ1) is 12.2. The van der Waals surface area contributed by atoms with Gasteiger partial charge in [-0.1, -0.05) is 0 Å². The molecule has 0 aliphatic carbocycles. The maximum absolute atomic E-state index is 11.1. The second-order valence-corrected chi connectivity index (χ2v) is 4.58. The van der Waals surface area contributed by atoms with E-state index in [0.29, 0.717) is 12.1 Å². The van der Waals surface area contributed by atoms with Gasteiger partial charge in [0.2, 0.25) is 5.69 Å². The summed E-state index contributed by atoms with van der Waals surface area (Å²) >= 11 is 0. The van der Waals surface area contributed by atoms with Gasteiger partial charge < -0.3 is 0 Å². The molecule has 0 fully saturated rings. The number of azo groups is 1. The van der Waals surface area contributed by atoms with Crippen LogP contribution in [0, 0.1) is 40.5 Å². The third-order valence-corrected chi connectivity index (χ3v) is 2.98. The molecule has 0 radical (unpaired) electrons. The lowest BCUT2D eigenvalue weighted by atomic mass is 10.2. The van der Waals surface area contributed by atoms with Gasteiger partial charge in [-0.2, -0.15) is 5.11 Å². The van der Waals surface area contributed by atoms with Gasteiger partial charge >= 0.3 is 11.4 Å². The molecule has 2 aromatic carbocycles. The number of non-ortho nitro benzene ring substituents is 2. The van der Waals surface area contributed by atoms with Crippen LogP contribution in [-0.4, -0.2) is 19.7 Å². The zero-order chi connectivity index (χ0) is 19.4. The van der Waals surface area contributed by atoms with Crippen LogP contribution in [-0.2, 0) is 0 Å². The van der Waals surface area contributed by atoms with E-state index < -0.39 is 42.4 Å². The summed E-state index contributed by atoms with van der Waals surface area (Å²) in [6.45, 7) is 0. The van der Waals surface area contributed by atoms with Crippen molar-refractivity contribution in [1.29, 1.82) is 0 Å². The largest absolute Gasteiger partial charge is 0.310 e. The predicted octanol–water partition coefficient (Wildman–Crippen LogP) is 3.73. The summed E-state index contributed by atoms with van der Waals surface area (Å²) in [5.74, 6) is 0. The second kappa shape index (κ2) is 7.04. The smallest absolute Gasteiger partial charge is 0.258 e. The summed E-state index contributed by atoms with van der Waals surface area (Å²) in [5.41, 5.74) is -3.80. The van der Waals surface area contributed by atoms with Gasteiger partial charge in [-0.05, 0) is 12.1 Å². The molecule has 0 spiro atoms. The first kappa shape index (κ1) is 18.0. The minimum absolute atomic E-state index is 0.0255. The van der Waals surface area contributed by atoms with Crippen LogP contribution in [0.25, 0.3) is 0 Å². The van der Waals surface area contributed by atoms with Gasteiger partial charge in [0.15, 0.2) is 0 Å². The molecule has 132 valence electrons. The lowest BCUT2D eigenvalue weighted by Gasteiger charge is -1.99. The number of nitrogens with zero attached hydrogens (tertiary/aromatic N) is 6. The Morgan fingerprint density at radius 3 is 1.46 bits per heavy atom. The lowest BCUT2D eigenvalue weighted by molar-refractivity contribution is -0.402. The predicted molar refractivity (Wildman–Crippen MR) is 83.7 cm³/mol. The number of nitro benzene ring substituents is 4. The summed E-state index contributed by atoms with van der Waals surface area (Å²) < 4.78 is 0. The van der Waals surface area contributed by atoms with Gasteiger partial charge in [-0.15, -0.1) is 5.11 Å². The van der Waals surface area contributed by atoms with Crippen LogP contribution in [0.15, 0.2) is 46.6 Å². The maximum atomic E-state index is 11.1. The standard InChI is InChI=1S/C12H6N6O8/c19-15(20)8-3-1-7(2-4-8)13-14-12-10(17(23)24)5-9(16(21)22)6-11(12)18(25)26/h1-6H. The minimum Gasteiger partial charge on any atom is -0.258 e. The van der Waals surface area contributed by atoms with E-state index in [4.69, 9.17) is 0 Å². The molecule has 2 aromatic rings. The molecule has 0 heterocycles. The highest BCUT2D eigenvalue weighted by Gasteiger charge is 2.30. The molecule has 0 bridgehead atoms. The number of nitro groups is 4. The van der Waals surface area contributed by atoms with Gasteiger partial charge in [0.25, 0.3) is 11.4 Å². The summed E-state index contributed by atoms with van der Waals surface area (Å²) in [4.78, 5) is 39.7. The SMILES string of the molecule is O=[N+]([O-])c1ccc(N=Nc2c([N+](=O)[O-])cc([N+](=O)[O-])cc2[N+](=O)[O-])cc1. The Morgan fingerprint density at radius 1 is 0.615 bits per heavy atom. The van der Waals surface area contributed by atoms with Crippen molar-refractivity contribution in [3.05, 3.63) is 76.9 Å². The molecule has 14 heteroatoms. The van der Waals surface area contributed by atoms with E-state index in [9.17, 15) is 40.5 Å². The van der Waals surface area contributed by atoms with Gasteiger partial charge in [0, 0.05) is 12.1 Å². The average molecular weight is 362 g/mol. The van der Waals surface area contributed by atoms with E-state index in [1.54, 1.807) is 0 Å². The number of hydrogen-bond donors (Lipinski definition) is 0. The van der Waals surface area contributed by atoms with Gasteiger partial charge in [0.05, 0.1) is 37.5 Å². The van der Waals surface area contributed by atoms with E-state index in [1.807, 2.05) is 0 Å². The zero-order valence-electron chi connectivity index (χ0n) is 12.4. The molecule has 0 aliphatic heterocycles. The van der Waals surface area contributed by atoms with Gasteiger partial charge in [-0.3, -0.25) is 40.5 Å². The van der Waals surface area contributed by atoms with E-state index >= 15 is 0 Å². The molecule has 0 N–H and O–H groups in total. The fourth-order valence-electron chi connectivity index (χ4n) is 1.82. The van der Waals surface area contributed by atoms with Crippen LogP contribution in [0.5, 0.6) is 0 Å². The van der Waals surface area contributed by atoms with Crippen molar-refractivity contribution >= 4 is 34.1 Å². The first-order valence-corrected chi connectivity index (χ1v) is 6.48. The van der Waals surface area contributed by atoms with E-state index in [0.717, 1.165) is 12.1 Å². The van der Waals surface area contributed by atoms with Crippen LogP contribution < -0.4 is 0 Å². The van der Waals surface area contributed by atoms with Gasteiger partial charge in [0.1, 0.15) is 0 Å². The van der Waals surface area contributed by atoms with Crippen LogP contribution >= 0.6 is 0 Å². The van der Waals surface area contributed by atoms with Crippen molar-refractivity contribution in [2.75, 3.05) is 0 Å². The van der Waals surface area contributed by atoms with Crippen molar-refractivity contribution < 1.29 is 19.7 Å². The Balaban J connectivity index is 2.56. The van der Waals surface area contributed by atoms with E-state index in [1.165, 1.54) is 12.1 Å². The molecule has 26 heavy (non-hydrogen) atoms. The fraction of sp³-hybridized carbons (Fsp3) is 0. The number of benzene rings is 2. The molecule has 0 aliphatic rings. The number of hydrogen-bond acceptors (Lipinski definition) is 10.